The van der Waals surface area contributed by atoms with Gasteiger partial charge in [-0.3, -0.25) is 14.6 Å². The van der Waals surface area contributed by atoms with Gasteiger partial charge < -0.3 is 10.1 Å². The first-order chi connectivity index (χ1) is 10.1. The van der Waals surface area contributed by atoms with Crippen LogP contribution < -0.4 is 15.6 Å². The van der Waals surface area contributed by atoms with E-state index < -0.39 is 5.25 Å². The molecule has 0 radical (unpaired) electrons. The van der Waals surface area contributed by atoms with Crippen molar-refractivity contribution < 1.29 is 9.53 Å². The molecule has 1 aromatic heterocycles. The molecule has 0 aliphatic carbocycles. The second-order valence-electron chi connectivity index (χ2n) is 4.09. The van der Waals surface area contributed by atoms with E-state index in [1.807, 2.05) is 6.07 Å². The number of hydrogen-bond donors (Lipinski definition) is 2. The summed E-state index contributed by atoms with van der Waals surface area (Å²) < 4.78 is 5.17. The van der Waals surface area contributed by atoms with Gasteiger partial charge in [0.05, 0.1) is 18.0 Å². The zero-order chi connectivity index (χ0) is 15.2. The number of methoxy groups -OCH3 is 1. The highest BCUT2D eigenvalue weighted by atomic mass is 32.2. The van der Waals surface area contributed by atoms with Crippen molar-refractivity contribution in [1.29, 1.82) is 0 Å². The van der Waals surface area contributed by atoms with Gasteiger partial charge in [-0.2, -0.15) is 5.10 Å². The second kappa shape index (κ2) is 6.89. The van der Waals surface area contributed by atoms with Crippen molar-refractivity contribution in [1.82, 2.24) is 15.2 Å². The lowest BCUT2D eigenvalue weighted by molar-refractivity contribution is -0.115. The van der Waals surface area contributed by atoms with Crippen LogP contribution in [0, 0.1) is 0 Å². The molecule has 0 unspecified atom stereocenters. The number of para-hydroxylation sites is 2. The summed E-state index contributed by atoms with van der Waals surface area (Å²) in [6.45, 7) is 1.71. The number of thioether (sulfide) groups is 1. The van der Waals surface area contributed by atoms with E-state index >= 15 is 0 Å². The van der Waals surface area contributed by atoms with E-state index in [0.717, 1.165) is 18.0 Å². The Labute approximate surface area is 125 Å². The van der Waals surface area contributed by atoms with Crippen molar-refractivity contribution in [2.45, 2.75) is 17.3 Å². The van der Waals surface area contributed by atoms with Crippen LogP contribution in [0.15, 0.2) is 40.4 Å². The Morgan fingerprint density at radius 3 is 2.90 bits per heavy atom. The largest absolute Gasteiger partial charge is 0.495 e. The predicted molar refractivity (Wildman–Crippen MR) is 79.6 cm³/mol. The Morgan fingerprint density at radius 2 is 2.19 bits per heavy atom. The molecular weight excluding hydrogens is 292 g/mol. The lowest BCUT2D eigenvalue weighted by atomic mass is 10.3. The number of rotatable bonds is 5. The van der Waals surface area contributed by atoms with Crippen molar-refractivity contribution in [2.75, 3.05) is 12.4 Å². The molecule has 2 N–H and O–H groups in total. The van der Waals surface area contributed by atoms with Crippen molar-refractivity contribution in [3.05, 3.63) is 40.8 Å². The molecule has 110 valence electrons. The molecule has 0 aliphatic rings. The Morgan fingerprint density at radius 1 is 1.43 bits per heavy atom. The van der Waals surface area contributed by atoms with Gasteiger partial charge in [-0.15, -0.1) is 5.10 Å². The number of nitrogens with one attached hydrogen (secondary N) is 2. The van der Waals surface area contributed by atoms with Gasteiger partial charge in [0.1, 0.15) is 11.9 Å². The molecule has 0 saturated carbocycles. The maximum atomic E-state index is 12.1. The van der Waals surface area contributed by atoms with Gasteiger partial charge in [0.2, 0.25) is 5.91 Å². The van der Waals surface area contributed by atoms with Crippen LogP contribution in [0.2, 0.25) is 0 Å². The van der Waals surface area contributed by atoms with Gasteiger partial charge in [0, 0.05) is 0 Å². The first-order valence-corrected chi connectivity index (χ1v) is 7.00. The van der Waals surface area contributed by atoms with Crippen LogP contribution in [0.25, 0.3) is 0 Å². The van der Waals surface area contributed by atoms with E-state index in [2.05, 4.69) is 20.5 Å². The summed E-state index contributed by atoms with van der Waals surface area (Å²) in [4.78, 5) is 25.8. The highest BCUT2D eigenvalue weighted by molar-refractivity contribution is 8.00. The molecule has 2 rings (SSSR count). The van der Waals surface area contributed by atoms with Gasteiger partial charge in [0.25, 0.3) is 5.56 Å². The highest BCUT2D eigenvalue weighted by Gasteiger charge is 2.17. The number of H-pyrrole nitrogens is 1. The maximum absolute atomic E-state index is 12.1. The summed E-state index contributed by atoms with van der Waals surface area (Å²) in [5.41, 5.74) is 0.231. The van der Waals surface area contributed by atoms with Crippen LogP contribution in [0.1, 0.15) is 6.92 Å². The van der Waals surface area contributed by atoms with Crippen LogP contribution in [0.5, 0.6) is 5.75 Å². The summed E-state index contributed by atoms with van der Waals surface area (Å²) in [6.07, 6.45) is 1.07. The van der Waals surface area contributed by atoms with Crippen molar-refractivity contribution >= 4 is 23.4 Å². The minimum atomic E-state index is -0.456. The topological polar surface area (TPSA) is 97.0 Å². The normalized spacial score (nSPS) is 11.7. The Balaban J connectivity index is 2.04. The van der Waals surface area contributed by atoms with Gasteiger partial charge in [-0.05, 0) is 19.1 Å². The molecule has 0 saturated heterocycles. The number of aromatic nitrogens is 3. The Kier molecular flexibility index (Phi) is 4.94. The fourth-order valence-electron chi connectivity index (χ4n) is 1.55. The summed E-state index contributed by atoms with van der Waals surface area (Å²) in [7, 11) is 1.54. The average Bonchev–Trinajstić information content (AvgIpc) is 2.47. The molecule has 0 aliphatic heterocycles. The summed E-state index contributed by atoms with van der Waals surface area (Å²) in [6, 6.07) is 7.12. The molecule has 0 bridgehead atoms. The van der Waals surface area contributed by atoms with E-state index in [1.54, 1.807) is 25.1 Å². The van der Waals surface area contributed by atoms with Gasteiger partial charge >= 0.3 is 0 Å². The molecule has 1 atom stereocenters. The van der Waals surface area contributed by atoms with Crippen molar-refractivity contribution in [2.24, 2.45) is 0 Å². The van der Waals surface area contributed by atoms with Gasteiger partial charge in [-0.1, -0.05) is 23.9 Å². The fourth-order valence-corrected chi connectivity index (χ4v) is 2.31. The Bertz CT molecular complexity index is 689. The molecule has 1 amide bonds. The highest BCUT2D eigenvalue weighted by Crippen LogP contribution is 2.25. The zero-order valence-corrected chi connectivity index (χ0v) is 12.3. The van der Waals surface area contributed by atoms with Crippen molar-refractivity contribution in [3.63, 3.8) is 0 Å². The molecule has 0 spiro atoms. The molecule has 1 aromatic carbocycles. The van der Waals surface area contributed by atoms with Crippen LogP contribution in [-0.2, 0) is 4.79 Å². The predicted octanol–water partition coefficient (Wildman–Crippen LogP) is 1.29. The minimum absolute atomic E-state index is 0.226. The summed E-state index contributed by atoms with van der Waals surface area (Å²) in [5.74, 6) is 0.354. The number of nitrogens with zero attached hydrogens (tertiary/aromatic N) is 2. The van der Waals surface area contributed by atoms with E-state index in [9.17, 15) is 9.59 Å². The van der Waals surface area contributed by atoms with Gasteiger partial charge in [0.15, 0.2) is 5.16 Å². The van der Waals surface area contributed by atoms with Crippen LogP contribution in [-0.4, -0.2) is 33.4 Å². The first-order valence-electron chi connectivity index (χ1n) is 6.12. The summed E-state index contributed by atoms with van der Waals surface area (Å²) in [5, 5.41) is 9.91. The molecule has 21 heavy (non-hydrogen) atoms. The van der Waals surface area contributed by atoms with Gasteiger partial charge in [-0.25, -0.2) is 0 Å². The monoisotopic (exact) mass is 306 g/mol. The second-order valence-corrected chi connectivity index (χ2v) is 5.42. The Hall–Kier alpha value is -2.35. The number of ether oxygens (including phenoxy) is 1. The third-order valence-electron chi connectivity index (χ3n) is 2.58. The molecule has 0 fully saturated rings. The number of carbonyl (C=O) groups excluding carboxylic acids is 1. The molecule has 1 heterocycles. The van der Waals surface area contributed by atoms with E-state index in [-0.39, 0.29) is 11.5 Å². The quantitative estimate of drug-likeness (QED) is 0.808. The number of benzene rings is 1. The fraction of sp³-hybridized carbons (Fsp3) is 0.231. The number of aromatic amines is 1. The van der Waals surface area contributed by atoms with Crippen LogP contribution in [0.3, 0.4) is 0 Å². The standard InChI is InChI=1S/C13H14N4O3S/c1-8(21-13-16-11(18)7-14-17-13)12(19)15-9-5-3-4-6-10(9)20-2/h3-8H,1-2H3,(H,15,19)(H,16,17,18)/t8-/m1/s1. The lowest BCUT2D eigenvalue weighted by Gasteiger charge is -2.13. The third-order valence-corrected chi connectivity index (χ3v) is 3.55. The van der Waals surface area contributed by atoms with Crippen molar-refractivity contribution in [3.8, 4) is 5.75 Å². The van der Waals surface area contributed by atoms with Crippen LogP contribution >= 0.6 is 11.8 Å². The average molecular weight is 306 g/mol. The first kappa shape index (κ1) is 15.0. The SMILES string of the molecule is COc1ccccc1NC(=O)[C@@H](C)Sc1nncc(=O)[nH]1. The molecule has 8 heteroatoms. The number of amides is 1. The minimum Gasteiger partial charge on any atom is -0.495 e. The van der Waals surface area contributed by atoms with E-state index in [1.165, 1.54) is 7.11 Å². The molecular formula is C13H14N4O3S. The smallest absolute Gasteiger partial charge is 0.270 e. The number of anilines is 1. The van der Waals surface area contributed by atoms with Crippen LogP contribution in [0.4, 0.5) is 5.69 Å². The number of hydrogen-bond acceptors (Lipinski definition) is 6. The lowest BCUT2D eigenvalue weighted by Crippen LogP contribution is -2.23. The maximum Gasteiger partial charge on any atom is 0.270 e. The number of carbonyl (C=O) groups is 1. The summed E-state index contributed by atoms with van der Waals surface area (Å²) >= 11 is 1.12. The molecule has 7 nitrogen and oxygen atoms in total. The van der Waals surface area contributed by atoms with E-state index in [0.29, 0.717) is 16.6 Å². The third kappa shape index (κ3) is 4.06. The zero-order valence-electron chi connectivity index (χ0n) is 11.5. The van der Waals surface area contributed by atoms with E-state index in [4.69, 9.17) is 4.74 Å². The molecule has 2 aromatic rings.